The Hall–Kier alpha value is -3.35. The van der Waals surface area contributed by atoms with Gasteiger partial charge in [-0.2, -0.15) is 0 Å². The maximum Gasteiger partial charge on any atom is 0.251 e. The molecule has 0 saturated carbocycles. The van der Waals surface area contributed by atoms with Crippen LogP contribution in [-0.2, 0) is 17.9 Å². The summed E-state index contributed by atoms with van der Waals surface area (Å²) in [6.45, 7) is 2.10. The third-order valence-electron chi connectivity index (χ3n) is 5.75. The molecule has 0 bridgehead atoms. The Labute approximate surface area is 182 Å². The Bertz CT molecular complexity index is 1050. The molecule has 0 radical (unpaired) electrons. The van der Waals surface area contributed by atoms with Gasteiger partial charge < -0.3 is 19.5 Å². The Morgan fingerprint density at radius 2 is 1.71 bits per heavy atom. The molecule has 3 aromatic rings. The Morgan fingerprint density at radius 1 is 1.00 bits per heavy atom. The van der Waals surface area contributed by atoms with Gasteiger partial charge in [-0.25, -0.2) is 4.98 Å². The van der Waals surface area contributed by atoms with Crippen LogP contribution in [0.25, 0.3) is 11.0 Å². The number of nitrogens with zero attached hydrogens (tertiary/aromatic N) is 3. The van der Waals surface area contributed by atoms with Gasteiger partial charge in [-0.05, 0) is 49.2 Å². The van der Waals surface area contributed by atoms with Crippen LogP contribution < -0.4 is 10.1 Å². The summed E-state index contributed by atoms with van der Waals surface area (Å²) in [6, 6.07) is 14.7. The Balaban J connectivity index is 1.51. The molecule has 1 aromatic heterocycles. The number of carbonyl (C=O) groups excluding carboxylic acids is 2. The second-order valence-corrected chi connectivity index (χ2v) is 7.81. The van der Waals surface area contributed by atoms with Gasteiger partial charge in [0, 0.05) is 18.7 Å². The van der Waals surface area contributed by atoms with Crippen LogP contribution in [0.2, 0.25) is 0 Å². The van der Waals surface area contributed by atoms with Gasteiger partial charge in [-0.1, -0.05) is 25.0 Å². The highest BCUT2D eigenvalue weighted by Crippen LogP contribution is 2.18. The molecular weight excluding hydrogens is 392 g/mol. The number of fused-ring (bicyclic) bond motifs is 1. The molecule has 0 spiro atoms. The fourth-order valence-corrected chi connectivity index (χ4v) is 4.00. The molecule has 2 aromatic carbocycles. The Morgan fingerprint density at radius 3 is 2.42 bits per heavy atom. The summed E-state index contributed by atoms with van der Waals surface area (Å²) in [5.74, 6) is 1.28. The molecule has 162 valence electrons. The van der Waals surface area contributed by atoms with Crippen LogP contribution in [0.3, 0.4) is 0 Å². The summed E-state index contributed by atoms with van der Waals surface area (Å²) in [5, 5.41) is 2.93. The highest BCUT2D eigenvalue weighted by molar-refractivity contribution is 5.94. The van der Waals surface area contributed by atoms with Gasteiger partial charge in [0.25, 0.3) is 5.91 Å². The largest absolute Gasteiger partial charge is 0.497 e. The average molecular weight is 421 g/mol. The molecule has 0 unspecified atom stereocenters. The smallest absolute Gasteiger partial charge is 0.251 e. The molecule has 7 heteroatoms. The number of benzene rings is 2. The van der Waals surface area contributed by atoms with Crippen LogP contribution in [0.5, 0.6) is 5.75 Å². The topological polar surface area (TPSA) is 76.5 Å². The third kappa shape index (κ3) is 4.87. The van der Waals surface area contributed by atoms with Crippen molar-refractivity contribution in [2.75, 3.05) is 20.2 Å². The van der Waals surface area contributed by atoms with Gasteiger partial charge in [-0.3, -0.25) is 9.59 Å². The molecule has 1 aliphatic rings. The number of imidazole rings is 1. The second kappa shape index (κ2) is 9.64. The lowest BCUT2D eigenvalue weighted by atomic mass is 10.2. The predicted molar refractivity (Wildman–Crippen MR) is 119 cm³/mol. The van der Waals surface area contributed by atoms with E-state index in [-0.39, 0.29) is 24.9 Å². The van der Waals surface area contributed by atoms with E-state index in [2.05, 4.69) is 10.3 Å². The SMILES string of the molecule is COc1ccc(C(=O)NCc2nc3ccccc3n2CC(=O)N2CCCCCC2)cc1. The lowest BCUT2D eigenvalue weighted by Crippen LogP contribution is -2.35. The molecule has 2 amide bonds. The number of methoxy groups -OCH3 is 1. The zero-order valence-electron chi connectivity index (χ0n) is 17.8. The summed E-state index contributed by atoms with van der Waals surface area (Å²) < 4.78 is 7.07. The number of likely N-dealkylation sites (tertiary alicyclic amines) is 1. The minimum atomic E-state index is -0.194. The number of hydrogen-bond donors (Lipinski definition) is 1. The average Bonchev–Trinajstić information content (AvgIpc) is 2.96. The van der Waals surface area contributed by atoms with Crippen molar-refractivity contribution >= 4 is 22.8 Å². The van der Waals surface area contributed by atoms with Crippen LogP contribution in [-0.4, -0.2) is 46.5 Å². The van der Waals surface area contributed by atoms with Gasteiger partial charge >= 0.3 is 0 Å². The van der Waals surface area contributed by atoms with Crippen molar-refractivity contribution in [1.82, 2.24) is 19.8 Å². The zero-order chi connectivity index (χ0) is 21.6. The number of amides is 2. The van der Waals surface area contributed by atoms with Crippen molar-refractivity contribution in [3.8, 4) is 5.75 Å². The molecule has 1 N–H and O–H groups in total. The number of para-hydroxylation sites is 2. The van der Waals surface area contributed by atoms with Gasteiger partial charge in [0.1, 0.15) is 18.1 Å². The van der Waals surface area contributed by atoms with Crippen molar-refractivity contribution in [2.45, 2.75) is 38.8 Å². The van der Waals surface area contributed by atoms with E-state index in [1.54, 1.807) is 31.4 Å². The van der Waals surface area contributed by atoms with Gasteiger partial charge in [-0.15, -0.1) is 0 Å². The van der Waals surface area contributed by atoms with E-state index in [4.69, 9.17) is 4.74 Å². The summed E-state index contributed by atoms with van der Waals surface area (Å²) in [5.41, 5.74) is 2.27. The zero-order valence-corrected chi connectivity index (χ0v) is 17.8. The molecule has 0 atom stereocenters. The van der Waals surface area contributed by atoms with Crippen molar-refractivity contribution in [3.05, 3.63) is 59.9 Å². The number of carbonyl (C=O) groups is 2. The van der Waals surface area contributed by atoms with Crippen LogP contribution in [0.1, 0.15) is 41.9 Å². The molecular formula is C24H28N4O3. The standard InChI is InChI=1S/C24H28N4O3/c1-31-19-12-10-18(11-13-19)24(30)25-16-22-26-20-8-4-5-9-21(20)28(22)17-23(29)27-14-6-2-3-7-15-27/h4-5,8-13H,2-3,6-7,14-17H2,1H3,(H,25,30). The number of nitrogens with one attached hydrogen (secondary N) is 1. The predicted octanol–water partition coefficient (Wildman–Crippen LogP) is 3.38. The molecule has 7 nitrogen and oxygen atoms in total. The minimum Gasteiger partial charge on any atom is -0.497 e. The van der Waals surface area contributed by atoms with Crippen LogP contribution >= 0.6 is 0 Å². The molecule has 2 heterocycles. The van der Waals surface area contributed by atoms with Gasteiger partial charge in [0.05, 0.1) is 24.7 Å². The molecule has 4 rings (SSSR count). The van der Waals surface area contributed by atoms with E-state index in [9.17, 15) is 9.59 Å². The molecule has 1 saturated heterocycles. The summed E-state index contributed by atoms with van der Waals surface area (Å²) in [7, 11) is 1.59. The number of ether oxygens (including phenoxy) is 1. The van der Waals surface area contributed by atoms with E-state index in [1.165, 1.54) is 12.8 Å². The van der Waals surface area contributed by atoms with E-state index in [0.717, 1.165) is 37.0 Å². The highest BCUT2D eigenvalue weighted by Gasteiger charge is 2.19. The molecule has 1 fully saturated rings. The molecule has 31 heavy (non-hydrogen) atoms. The van der Waals surface area contributed by atoms with E-state index < -0.39 is 0 Å². The molecule has 1 aliphatic heterocycles. The summed E-state index contributed by atoms with van der Waals surface area (Å²) in [6.07, 6.45) is 4.48. The van der Waals surface area contributed by atoms with Gasteiger partial charge in [0.15, 0.2) is 0 Å². The fraction of sp³-hybridized carbons (Fsp3) is 0.375. The first-order chi connectivity index (χ1) is 15.2. The second-order valence-electron chi connectivity index (χ2n) is 7.81. The summed E-state index contributed by atoms with van der Waals surface area (Å²) >= 11 is 0. The first-order valence-electron chi connectivity index (χ1n) is 10.8. The van der Waals surface area contributed by atoms with E-state index in [0.29, 0.717) is 17.1 Å². The summed E-state index contributed by atoms with van der Waals surface area (Å²) in [4.78, 5) is 32.2. The van der Waals surface area contributed by atoms with E-state index in [1.807, 2.05) is 33.7 Å². The highest BCUT2D eigenvalue weighted by atomic mass is 16.5. The van der Waals surface area contributed by atoms with E-state index >= 15 is 0 Å². The van der Waals surface area contributed by atoms with Crippen molar-refractivity contribution in [3.63, 3.8) is 0 Å². The molecule has 0 aliphatic carbocycles. The van der Waals surface area contributed by atoms with Crippen LogP contribution in [0.4, 0.5) is 0 Å². The number of rotatable bonds is 6. The first-order valence-corrected chi connectivity index (χ1v) is 10.8. The van der Waals surface area contributed by atoms with Gasteiger partial charge in [0.2, 0.25) is 5.91 Å². The normalized spacial score (nSPS) is 14.3. The lowest BCUT2D eigenvalue weighted by Gasteiger charge is -2.21. The maximum absolute atomic E-state index is 13.0. The van der Waals surface area contributed by atoms with Crippen molar-refractivity contribution < 1.29 is 14.3 Å². The third-order valence-corrected chi connectivity index (χ3v) is 5.75. The van der Waals surface area contributed by atoms with Crippen LogP contribution in [0, 0.1) is 0 Å². The fourth-order valence-electron chi connectivity index (χ4n) is 4.00. The number of hydrogen-bond acceptors (Lipinski definition) is 4. The van der Waals surface area contributed by atoms with Crippen molar-refractivity contribution in [2.24, 2.45) is 0 Å². The van der Waals surface area contributed by atoms with Crippen LogP contribution in [0.15, 0.2) is 48.5 Å². The number of aromatic nitrogens is 2. The van der Waals surface area contributed by atoms with Crippen molar-refractivity contribution in [1.29, 1.82) is 0 Å². The quantitative estimate of drug-likeness (QED) is 0.663. The lowest BCUT2D eigenvalue weighted by molar-refractivity contribution is -0.131. The maximum atomic E-state index is 13.0. The first kappa shape index (κ1) is 20.9. The minimum absolute atomic E-state index is 0.104. The Kier molecular flexibility index (Phi) is 6.50. The monoisotopic (exact) mass is 420 g/mol.